The van der Waals surface area contributed by atoms with Gasteiger partial charge < -0.3 is 29.4 Å². The Labute approximate surface area is 220 Å². The Morgan fingerprint density at radius 2 is 1.85 bits per heavy atom. The van der Waals surface area contributed by atoms with Crippen molar-refractivity contribution in [3.8, 4) is 5.88 Å². The SMILES string of the molecule is CCNC(=O)Nc1ncnc2c1ncn2C1OC(Oc2ncccc2C(=O)O)C2O[C@H](c3ccccc3)OC21. The second kappa shape index (κ2) is 10.2. The summed E-state index contributed by atoms with van der Waals surface area (Å²) >= 11 is 0. The number of anilines is 1. The lowest BCUT2D eigenvalue weighted by atomic mass is 10.2. The number of ether oxygens (including phenoxy) is 4. The summed E-state index contributed by atoms with van der Waals surface area (Å²) in [5, 5.41) is 14.9. The molecule has 5 atom stereocenters. The molecule has 4 aromatic rings. The molecule has 0 saturated carbocycles. The van der Waals surface area contributed by atoms with Gasteiger partial charge in [-0.05, 0) is 19.1 Å². The molecule has 14 nitrogen and oxygen atoms in total. The van der Waals surface area contributed by atoms with Crippen molar-refractivity contribution in [2.45, 2.75) is 37.9 Å². The lowest BCUT2D eigenvalue weighted by Gasteiger charge is -2.22. The van der Waals surface area contributed by atoms with Gasteiger partial charge in [0.15, 0.2) is 35.6 Å². The van der Waals surface area contributed by atoms with Crippen molar-refractivity contribution in [2.24, 2.45) is 0 Å². The highest BCUT2D eigenvalue weighted by atomic mass is 16.8. The van der Waals surface area contributed by atoms with Crippen LogP contribution in [-0.2, 0) is 14.2 Å². The molecule has 2 aliphatic rings. The number of hydrogen-bond donors (Lipinski definition) is 3. The van der Waals surface area contributed by atoms with Crippen molar-refractivity contribution in [3.63, 3.8) is 0 Å². The normalized spacial score (nSPS) is 23.9. The van der Waals surface area contributed by atoms with Gasteiger partial charge >= 0.3 is 12.0 Å². The summed E-state index contributed by atoms with van der Waals surface area (Å²) in [5.74, 6) is -1.09. The maximum absolute atomic E-state index is 12.1. The molecule has 6 rings (SSSR count). The van der Waals surface area contributed by atoms with Crippen LogP contribution in [0.25, 0.3) is 11.2 Å². The van der Waals surface area contributed by atoms with Gasteiger partial charge in [-0.3, -0.25) is 9.88 Å². The number of carboxylic acid groups (broad SMARTS) is 1. The van der Waals surface area contributed by atoms with Gasteiger partial charge in [-0.25, -0.2) is 29.5 Å². The highest BCUT2D eigenvalue weighted by Gasteiger charge is 2.55. The molecule has 0 radical (unpaired) electrons. The number of nitrogens with zero attached hydrogens (tertiary/aromatic N) is 5. The first-order valence-electron chi connectivity index (χ1n) is 12.1. The second-order valence-corrected chi connectivity index (χ2v) is 8.65. The predicted octanol–water partition coefficient (Wildman–Crippen LogP) is 2.48. The van der Waals surface area contributed by atoms with E-state index in [4.69, 9.17) is 18.9 Å². The average Bonchev–Trinajstić information content (AvgIpc) is 3.65. The number of hydrogen-bond acceptors (Lipinski definition) is 10. The third kappa shape index (κ3) is 4.60. The molecule has 2 amide bonds. The predicted molar refractivity (Wildman–Crippen MR) is 133 cm³/mol. The van der Waals surface area contributed by atoms with E-state index in [1.165, 1.54) is 31.0 Å². The molecule has 14 heteroatoms. The lowest BCUT2D eigenvalue weighted by molar-refractivity contribution is -0.191. The summed E-state index contributed by atoms with van der Waals surface area (Å²) < 4.78 is 26.3. The van der Waals surface area contributed by atoms with E-state index in [1.54, 1.807) is 11.5 Å². The van der Waals surface area contributed by atoms with E-state index in [-0.39, 0.29) is 17.3 Å². The van der Waals surface area contributed by atoms with Crippen LogP contribution in [0.2, 0.25) is 0 Å². The van der Waals surface area contributed by atoms with E-state index in [2.05, 4.69) is 30.6 Å². The molecule has 2 saturated heterocycles. The summed E-state index contributed by atoms with van der Waals surface area (Å²) in [6.07, 6.45) is 0.148. The number of imidazole rings is 1. The zero-order valence-electron chi connectivity index (χ0n) is 20.5. The lowest BCUT2D eigenvalue weighted by Crippen LogP contribution is -2.33. The van der Waals surface area contributed by atoms with Crippen LogP contribution in [0.3, 0.4) is 0 Å². The van der Waals surface area contributed by atoms with E-state index < -0.39 is 43.0 Å². The number of carboxylic acids is 1. The Morgan fingerprint density at radius 3 is 2.64 bits per heavy atom. The smallest absolute Gasteiger partial charge is 0.341 e. The zero-order chi connectivity index (χ0) is 26.9. The molecule has 5 heterocycles. The number of amides is 2. The number of urea groups is 1. The standard InChI is InChI=1S/C25H23N7O7/c1-2-26-25(35)31-18-15-19(29-11-28-18)32(12-30-15)21-16-17(37-23(36-16)13-7-4-3-5-8-13)24(39-21)38-20-14(22(33)34)9-6-10-27-20/h3-12,16-17,21,23-24H,2H2,1H3,(H,33,34)(H2,26,28,29,31,35)/t16?,17?,21?,23-,24?/m1/s1. The number of carbonyl (C=O) groups is 2. The third-order valence-electron chi connectivity index (χ3n) is 6.21. The molecule has 3 N–H and O–H groups in total. The molecule has 0 aliphatic carbocycles. The van der Waals surface area contributed by atoms with E-state index in [9.17, 15) is 14.7 Å². The Bertz CT molecular complexity index is 1520. The number of fused-ring (bicyclic) bond motifs is 2. The van der Waals surface area contributed by atoms with Crippen molar-refractivity contribution in [1.29, 1.82) is 0 Å². The fraction of sp³-hybridized carbons (Fsp3) is 0.280. The summed E-state index contributed by atoms with van der Waals surface area (Å²) in [5.41, 5.74) is 1.38. The molecule has 4 unspecified atom stereocenters. The van der Waals surface area contributed by atoms with Crippen molar-refractivity contribution in [2.75, 3.05) is 11.9 Å². The summed E-state index contributed by atoms with van der Waals surface area (Å²) in [4.78, 5) is 40.8. The van der Waals surface area contributed by atoms with Gasteiger partial charge in [0.05, 0.1) is 6.33 Å². The van der Waals surface area contributed by atoms with Gasteiger partial charge in [0.2, 0.25) is 12.2 Å². The Kier molecular flexibility index (Phi) is 6.48. The monoisotopic (exact) mass is 533 g/mol. The Hall–Kier alpha value is -4.66. The molecular formula is C25H23N7O7. The van der Waals surface area contributed by atoms with Crippen molar-refractivity contribution in [1.82, 2.24) is 29.8 Å². The van der Waals surface area contributed by atoms with E-state index in [0.717, 1.165) is 5.56 Å². The fourth-order valence-electron chi connectivity index (χ4n) is 4.50. The molecule has 39 heavy (non-hydrogen) atoms. The topological polar surface area (TPSA) is 172 Å². The zero-order valence-corrected chi connectivity index (χ0v) is 20.5. The maximum Gasteiger partial charge on any atom is 0.341 e. The number of nitrogens with one attached hydrogen (secondary N) is 2. The average molecular weight is 534 g/mol. The highest BCUT2D eigenvalue weighted by molar-refractivity contribution is 5.95. The third-order valence-corrected chi connectivity index (χ3v) is 6.21. The second-order valence-electron chi connectivity index (χ2n) is 8.65. The fourth-order valence-corrected chi connectivity index (χ4v) is 4.50. The van der Waals surface area contributed by atoms with Crippen LogP contribution < -0.4 is 15.4 Å². The summed E-state index contributed by atoms with van der Waals surface area (Å²) in [6.45, 7) is 2.24. The van der Waals surface area contributed by atoms with Crippen molar-refractivity contribution < 1.29 is 33.6 Å². The van der Waals surface area contributed by atoms with Crippen LogP contribution in [0.5, 0.6) is 5.88 Å². The quantitative estimate of drug-likeness (QED) is 0.319. The molecular weight excluding hydrogens is 510 g/mol. The molecule has 200 valence electrons. The summed E-state index contributed by atoms with van der Waals surface area (Å²) in [6, 6.07) is 11.8. The van der Waals surface area contributed by atoms with E-state index in [1.807, 2.05) is 30.3 Å². The van der Waals surface area contributed by atoms with Gasteiger partial charge in [0.25, 0.3) is 0 Å². The van der Waals surface area contributed by atoms with Gasteiger partial charge in [-0.1, -0.05) is 30.3 Å². The highest BCUT2D eigenvalue weighted by Crippen LogP contribution is 2.45. The first-order valence-corrected chi connectivity index (χ1v) is 12.1. The first kappa shape index (κ1) is 24.7. The van der Waals surface area contributed by atoms with Gasteiger partial charge in [-0.2, -0.15) is 0 Å². The van der Waals surface area contributed by atoms with Crippen LogP contribution in [0.4, 0.5) is 10.6 Å². The molecule has 0 bridgehead atoms. The van der Waals surface area contributed by atoms with E-state index >= 15 is 0 Å². The van der Waals surface area contributed by atoms with Crippen LogP contribution in [0, 0.1) is 0 Å². The Balaban J connectivity index is 1.35. The number of rotatable bonds is 7. The molecule has 0 spiro atoms. The van der Waals surface area contributed by atoms with Crippen LogP contribution in [0.1, 0.15) is 35.4 Å². The minimum Gasteiger partial charge on any atom is -0.477 e. The largest absolute Gasteiger partial charge is 0.477 e. The number of pyridine rings is 1. The number of benzene rings is 1. The minimum atomic E-state index is -1.20. The number of aromatic carboxylic acids is 1. The molecule has 2 fully saturated rings. The molecule has 1 aromatic carbocycles. The Morgan fingerprint density at radius 1 is 1.03 bits per heavy atom. The van der Waals surface area contributed by atoms with Crippen molar-refractivity contribution >= 4 is 29.0 Å². The number of carbonyl (C=O) groups excluding carboxylic acids is 1. The van der Waals surface area contributed by atoms with Crippen LogP contribution in [0.15, 0.2) is 61.3 Å². The number of aromatic nitrogens is 5. The van der Waals surface area contributed by atoms with Gasteiger partial charge in [-0.15, -0.1) is 0 Å². The van der Waals surface area contributed by atoms with Gasteiger partial charge in [0, 0.05) is 18.3 Å². The molecule has 3 aromatic heterocycles. The van der Waals surface area contributed by atoms with Crippen LogP contribution in [-0.4, -0.2) is 66.7 Å². The first-order chi connectivity index (χ1) is 19.0. The summed E-state index contributed by atoms with van der Waals surface area (Å²) in [7, 11) is 0. The van der Waals surface area contributed by atoms with Crippen LogP contribution >= 0.6 is 0 Å². The molecule has 2 aliphatic heterocycles. The maximum atomic E-state index is 12.1. The minimum absolute atomic E-state index is 0.118. The van der Waals surface area contributed by atoms with Gasteiger partial charge in [0.1, 0.15) is 18.0 Å². The van der Waals surface area contributed by atoms with E-state index in [0.29, 0.717) is 17.7 Å². The van der Waals surface area contributed by atoms with Crippen molar-refractivity contribution in [3.05, 3.63) is 72.4 Å².